The summed E-state index contributed by atoms with van der Waals surface area (Å²) in [6.07, 6.45) is 1.20. The molecule has 1 aromatic carbocycles. The van der Waals surface area contributed by atoms with Crippen molar-refractivity contribution >= 4 is 0 Å². The van der Waals surface area contributed by atoms with Gasteiger partial charge in [-0.25, -0.2) is 0 Å². The van der Waals surface area contributed by atoms with Gasteiger partial charge in [-0.15, -0.1) is 0 Å². The van der Waals surface area contributed by atoms with Crippen molar-refractivity contribution in [3.05, 3.63) is 29.8 Å². The SMILES string of the molecule is CC[C@H](C)[NH2+]CCOCCOc1ccc(C(C)(C)C)cc1. The fourth-order valence-electron chi connectivity index (χ4n) is 1.97. The maximum absolute atomic E-state index is 5.69. The summed E-state index contributed by atoms with van der Waals surface area (Å²) in [7, 11) is 0. The minimum Gasteiger partial charge on any atom is -0.491 e. The molecule has 0 saturated heterocycles. The maximum Gasteiger partial charge on any atom is 0.119 e. The summed E-state index contributed by atoms with van der Waals surface area (Å²) in [4.78, 5) is 0. The van der Waals surface area contributed by atoms with E-state index in [-0.39, 0.29) is 5.41 Å². The molecular weight excluding hydrogens is 262 g/mol. The highest BCUT2D eigenvalue weighted by molar-refractivity contribution is 5.31. The van der Waals surface area contributed by atoms with Crippen LogP contribution >= 0.6 is 0 Å². The molecule has 0 aliphatic rings. The van der Waals surface area contributed by atoms with Gasteiger partial charge in [0.15, 0.2) is 0 Å². The Kier molecular flexibility index (Phi) is 7.76. The third-order valence-electron chi connectivity index (χ3n) is 3.69. The molecule has 0 saturated carbocycles. The number of rotatable bonds is 9. The van der Waals surface area contributed by atoms with Gasteiger partial charge in [0.2, 0.25) is 0 Å². The first kappa shape index (κ1) is 18.0. The Morgan fingerprint density at radius 3 is 2.29 bits per heavy atom. The topological polar surface area (TPSA) is 35.1 Å². The Morgan fingerprint density at radius 2 is 1.71 bits per heavy atom. The van der Waals surface area contributed by atoms with Gasteiger partial charge in [0.1, 0.15) is 12.4 Å². The van der Waals surface area contributed by atoms with Crippen LogP contribution in [-0.2, 0) is 10.2 Å². The lowest BCUT2D eigenvalue weighted by molar-refractivity contribution is -0.687. The molecule has 2 N–H and O–H groups in total. The van der Waals surface area contributed by atoms with Crippen LogP contribution in [0.15, 0.2) is 24.3 Å². The van der Waals surface area contributed by atoms with Gasteiger partial charge in [0.05, 0.1) is 25.8 Å². The van der Waals surface area contributed by atoms with Crippen molar-refractivity contribution in [3.8, 4) is 5.75 Å². The second-order valence-corrected chi connectivity index (χ2v) is 6.65. The summed E-state index contributed by atoms with van der Waals surface area (Å²) in [6.45, 7) is 14.2. The summed E-state index contributed by atoms with van der Waals surface area (Å²) >= 11 is 0. The van der Waals surface area contributed by atoms with E-state index in [0.29, 0.717) is 19.3 Å². The summed E-state index contributed by atoms with van der Waals surface area (Å²) in [5.74, 6) is 0.915. The smallest absolute Gasteiger partial charge is 0.119 e. The van der Waals surface area contributed by atoms with E-state index < -0.39 is 0 Å². The lowest BCUT2D eigenvalue weighted by Gasteiger charge is -2.19. The quantitative estimate of drug-likeness (QED) is 0.711. The zero-order chi connectivity index (χ0) is 15.7. The van der Waals surface area contributed by atoms with Gasteiger partial charge in [-0.2, -0.15) is 0 Å². The molecule has 0 spiro atoms. The molecule has 0 aromatic heterocycles. The molecule has 0 fully saturated rings. The molecule has 0 aliphatic heterocycles. The number of hydrogen-bond donors (Lipinski definition) is 1. The molecule has 1 rings (SSSR count). The molecule has 1 aromatic rings. The van der Waals surface area contributed by atoms with Crippen molar-refractivity contribution in [3.63, 3.8) is 0 Å². The second-order valence-electron chi connectivity index (χ2n) is 6.65. The van der Waals surface area contributed by atoms with Gasteiger partial charge < -0.3 is 14.8 Å². The molecule has 0 unspecified atom stereocenters. The van der Waals surface area contributed by atoms with Gasteiger partial charge in [-0.1, -0.05) is 39.8 Å². The minimum atomic E-state index is 0.188. The van der Waals surface area contributed by atoms with Gasteiger partial charge in [-0.05, 0) is 36.5 Å². The van der Waals surface area contributed by atoms with Gasteiger partial charge in [0.25, 0.3) is 0 Å². The first-order chi connectivity index (χ1) is 9.93. The average molecular weight is 294 g/mol. The summed E-state index contributed by atoms with van der Waals surface area (Å²) in [5.41, 5.74) is 1.51. The Balaban J connectivity index is 2.13. The van der Waals surface area contributed by atoms with Crippen LogP contribution in [0.5, 0.6) is 5.75 Å². The summed E-state index contributed by atoms with van der Waals surface area (Å²) in [5, 5.41) is 2.33. The van der Waals surface area contributed by atoms with Gasteiger partial charge in [-0.3, -0.25) is 0 Å². The van der Waals surface area contributed by atoms with E-state index in [2.05, 4.69) is 52.1 Å². The Morgan fingerprint density at radius 1 is 1.05 bits per heavy atom. The zero-order valence-corrected chi connectivity index (χ0v) is 14.3. The standard InChI is InChI=1S/C18H31NO2/c1-6-15(2)19-11-12-20-13-14-21-17-9-7-16(8-10-17)18(3,4)5/h7-10,15,19H,6,11-14H2,1-5H3/p+1/t15-/m0/s1. The Bertz CT molecular complexity index is 381. The number of ether oxygens (including phenoxy) is 2. The number of quaternary nitrogens is 1. The lowest BCUT2D eigenvalue weighted by Crippen LogP contribution is -2.90. The normalized spacial score (nSPS) is 13.2. The van der Waals surface area contributed by atoms with Crippen LogP contribution in [0.2, 0.25) is 0 Å². The average Bonchev–Trinajstić information content (AvgIpc) is 2.45. The first-order valence-corrected chi connectivity index (χ1v) is 8.08. The van der Waals surface area contributed by atoms with E-state index in [0.717, 1.165) is 18.9 Å². The van der Waals surface area contributed by atoms with Crippen molar-refractivity contribution in [1.82, 2.24) is 0 Å². The largest absolute Gasteiger partial charge is 0.491 e. The molecule has 21 heavy (non-hydrogen) atoms. The molecule has 0 bridgehead atoms. The second kappa shape index (κ2) is 9.06. The fourth-order valence-corrected chi connectivity index (χ4v) is 1.97. The van der Waals surface area contributed by atoms with Crippen molar-refractivity contribution in [2.24, 2.45) is 0 Å². The molecule has 1 atom stereocenters. The van der Waals surface area contributed by atoms with Crippen molar-refractivity contribution in [1.29, 1.82) is 0 Å². The predicted octanol–water partition coefficient (Wildman–Crippen LogP) is 2.74. The van der Waals surface area contributed by atoms with Crippen molar-refractivity contribution in [2.75, 3.05) is 26.4 Å². The molecule has 3 heteroatoms. The van der Waals surface area contributed by atoms with Crippen LogP contribution in [-0.4, -0.2) is 32.4 Å². The van der Waals surface area contributed by atoms with E-state index in [9.17, 15) is 0 Å². The van der Waals surface area contributed by atoms with Crippen LogP contribution in [0.3, 0.4) is 0 Å². The van der Waals surface area contributed by atoms with Gasteiger partial charge in [0, 0.05) is 0 Å². The van der Waals surface area contributed by atoms with E-state index in [1.165, 1.54) is 12.0 Å². The van der Waals surface area contributed by atoms with E-state index in [4.69, 9.17) is 9.47 Å². The van der Waals surface area contributed by atoms with Crippen LogP contribution < -0.4 is 10.1 Å². The molecule has 0 radical (unpaired) electrons. The molecule has 120 valence electrons. The third-order valence-corrected chi connectivity index (χ3v) is 3.69. The van der Waals surface area contributed by atoms with Crippen molar-refractivity contribution < 1.29 is 14.8 Å². The highest BCUT2D eigenvalue weighted by atomic mass is 16.5. The van der Waals surface area contributed by atoms with Crippen LogP contribution in [0.25, 0.3) is 0 Å². The Labute approximate surface area is 130 Å². The first-order valence-electron chi connectivity index (χ1n) is 8.08. The highest BCUT2D eigenvalue weighted by Crippen LogP contribution is 2.24. The minimum absolute atomic E-state index is 0.188. The number of hydrogen-bond acceptors (Lipinski definition) is 2. The van der Waals surface area contributed by atoms with Crippen molar-refractivity contribution in [2.45, 2.75) is 52.5 Å². The fraction of sp³-hybridized carbons (Fsp3) is 0.667. The van der Waals surface area contributed by atoms with E-state index in [1.54, 1.807) is 0 Å². The predicted molar refractivity (Wildman–Crippen MR) is 88.0 cm³/mol. The molecular formula is C18H32NO2+. The summed E-state index contributed by atoms with van der Waals surface area (Å²) < 4.78 is 11.3. The summed E-state index contributed by atoms with van der Waals surface area (Å²) in [6, 6.07) is 9.04. The monoisotopic (exact) mass is 294 g/mol. The Hall–Kier alpha value is -1.06. The van der Waals surface area contributed by atoms with Crippen LogP contribution in [0.4, 0.5) is 0 Å². The number of benzene rings is 1. The number of nitrogens with two attached hydrogens (primary N) is 1. The highest BCUT2D eigenvalue weighted by Gasteiger charge is 2.12. The molecule has 0 heterocycles. The van der Waals surface area contributed by atoms with E-state index >= 15 is 0 Å². The molecule has 0 aliphatic carbocycles. The third kappa shape index (κ3) is 7.49. The van der Waals surface area contributed by atoms with Crippen LogP contribution in [0, 0.1) is 0 Å². The molecule has 0 amide bonds. The molecule has 3 nitrogen and oxygen atoms in total. The van der Waals surface area contributed by atoms with E-state index in [1.807, 2.05) is 12.1 Å². The zero-order valence-electron chi connectivity index (χ0n) is 14.3. The lowest BCUT2D eigenvalue weighted by atomic mass is 9.87. The van der Waals surface area contributed by atoms with Crippen LogP contribution in [0.1, 0.15) is 46.6 Å². The maximum atomic E-state index is 5.69. The van der Waals surface area contributed by atoms with Gasteiger partial charge >= 0.3 is 0 Å².